The van der Waals surface area contributed by atoms with Gasteiger partial charge >= 0.3 is 12.6 Å². The summed E-state index contributed by atoms with van der Waals surface area (Å²) in [6.45, 7) is 0.508. The van der Waals surface area contributed by atoms with Crippen LogP contribution in [0.2, 0.25) is 0 Å². The van der Waals surface area contributed by atoms with Crippen molar-refractivity contribution in [1.82, 2.24) is 0 Å². The van der Waals surface area contributed by atoms with E-state index in [0.717, 1.165) is 6.07 Å². The molecule has 0 aliphatic heterocycles. The Labute approximate surface area is 103 Å². The Bertz CT molecular complexity index is 419. The molecule has 1 aromatic carbocycles. The zero-order valence-corrected chi connectivity index (χ0v) is 10.3. The third-order valence-corrected chi connectivity index (χ3v) is 1.94. The lowest BCUT2D eigenvalue weighted by atomic mass is 10.2. The number of carbonyl (C=O) groups is 1. The number of rotatable bonds is 5. The van der Waals surface area contributed by atoms with Gasteiger partial charge in [-0.05, 0) is 32.0 Å². The lowest BCUT2D eigenvalue weighted by Crippen LogP contribution is -2.10. The maximum absolute atomic E-state index is 12.3. The number of benzene rings is 1. The average Bonchev–Trinajstić information content (AvgIpc) is 2.29. The molecule has 18 heavy (non-hydrogen) atoms. The highest BCUT2D eigenvalue weighted by Gasteiger charge is 2.15. The number of halogens is 2. The van der Waals surface area contributed by atoms with Gasteiger partial charge in [-0.2, -0.15) is 8.78 Å². The normalized spacial score (nSPS) is 10.6. The van der Waals surface area contributed by atoms with Gasteiger partial charge in [0.2, 0.25) is 0 Å². The van der Waals surface area contributed by atoms with Gasteiger partial charge in [-0.3, -0.25) is 0 Å². The number of hydrogen-bond donors (Lipinski definition) is 0. The molecule has 0 aromatic heterocycles. The van der Waals surface area contributed by atoms with Crippen molar-refractivity contribution in [1.29, 1.82) is 0 Å². The minimum Gasteiger partial charge on any atom is -0.487 e. The zero-order chi connectivity index (χ0) is 13.7. The third-order valence-electron chi connectivity index (χ3n) is 1.94. The van der Waals surface area contributed by atoms with E-state index in [1.165, 1.54) is 19.2 Å². The zero-order valence-electron chi connectivity index (χ0n) is 10.3. The van der Waals surface area contributed by atoms with Gasteiger partial charge < -0.3 is 14.2 Å². The summed E-state index contributed by atoms with van der Waals surface area (Å²) in [6, 6.07) is 3.97. The van der Waals surface area contributed by atoms with Crippen molar-refractivity contribution in [2.24, 2.45) is 0 Å². The van der Waals surface area contributed by atoms with Crippen LogP contribution in [-0.2, 0) is 4.74 Å². The summed E-state index contributed by atoms with van der Waals surface area (Å²) >= 11 is 0. The van der Waals surface area contributed by atoms with E-state index in [-0.39, 0.29) is 23.2 Å². The van der Waals surface area contributed by atoms with Crippen molar-refractivity contribution in [3.05, 3.63) is 23.8 Å². The average molecular weight is 260 g/mol. The molecule has 0 unspecified atom stereocenters. The summed E-state index contributed by atoms with van der Waals surface area (Å²) in [4.78, 5) is 11.3. The summed E-state index contributed by atoms with van der Waals surface area (Å²) in [5, 5.41) is 0. The topological polar surface area (TPSA) is 44.8 Å². The molecule has 0 radical (unpaired) electrons. The van der Waals surface area contributed by atoms with Gasteiger partial charge in [-0.1, -0.05) is 0 Å². The summed E-state index contributed by atoms with van der Waals surface area (Å²) in [5.74, 6) is -0.676. The second-order valence-electron chi connectivity index (χ2n) is 3.70. The van der Waals surface area contributed by atoms with Gasteiger partial charge in [0.15, 0.2) is 11.5 Å². The van der Waals surface area contributed by atoms with Gasteiger partial charge in [-0.25, -0.2) is 4.79 Å². The SMILES string of the molecule is COC(=O)c1ccc(OC(C)C)c(OC(F)F)c1. The first-order chi connectivity index (χ1) is 8.43. The first-order valence-electron chi connectivity index (χ1n) is 5.28. The van der Waals surface area contributed by atoms with Crippen LogP contribution < -0.4 is 9.47 Å². The molecule has 0 bridgehead atoms. The van der Waals surface area contributed by atoms with E-state index in [4.69, 9.17) is 4.74 Å². The lowest BCUT2D eigenvalue weighted by molar-refractivity contribution is -0.0519. The number of alkyl halides is 2. The number of carbonyl (C=O) groups excluding carboxylic acids is 1. The summed E-state index contributed by atoms with van der Waals surface area (Å²) < 4.78 is 38.6. The highest BCUT2D eigenvalue weighted by atomic mass is 19.3. The Hall–Kier alpha value is -1.85. The molecule has 1 rings (SSSR count). The van der Waals surface area contributed by atoms with Crippen LogP contribution in [0.4, 0.5) is 8.78 Å². The molecule has 0 aliphatic carbocycles. The molecular formula is C12H14F2O4. The Kier molecular flexibility index (Phi) is 4.88. The Morgan fingerprint density at radius 3 is 2.33 bits per heavy atom. The highest BCUT2D eigenvalue weighted by molar-refractivity contribution is 5.90. The molecule has 1 aromatic rings. The molecule has 4 nitrogen and oxygen atoms in total. The number of hydrogen-bond acceptors (Lipinski definition) is 4. The number of methoxy groups -OCH3 is 1. The fourth-order valence-electron chi connectivity index (χ4n) is 1.29. The van der Waals surface area contributed by atoms with E-state index in [1.807, 2.05) is 0 Å². The van der Waals surface area contributed by atoms with Gasteiger partial charge in [0.25, 0.3) is 0 Å². The maximum atomic E-state index is 12.3. The first kappa shape index (κ1) is 14.2. The fraction of sp³-hybridized carbons (Fsp3) is 0.417. The summed E-state index contributed by atoms with van der Waals surface area (Å²) in [5.41, 5.74) is 0.115. The molecule has 100 valence electrons. The second-order valence-corrected chi connectivity index (χ2v) is 3.70. The van der Waals surface area contributed by atoms with E-state index in [1.54, 1.807) is 13.8 Å². The lowest BCUT2D eigenvalue weighted by Gasteiger charge is -2.15. The highest BCUT2D eigenvalue weighted by Crippen LogP contribution is 2.30. The number of ether oxygens (including phenoxy) is 3. The smallest absolute Gasteiger partial charge is 0.387 e. The van der Waals surface area contributed by atoms with Crippen LogP contribution in [0.25, 0.3) is 0 Å². The first-order valence-corrected chi connectivity index (χ1v) is 5.28. The predicted octanol–water partition coefficient (Wildman–Crippen LogP) is 2.86. The quantitative estimate of drug-likeness (QED) is 0.764. The van der Waals surface area contributed by atoms with Crippen LogP contribution >= 0.6 is 0 Å². The van der Waals surface area contributed by atoms with Crippen molar-refractivity contribution in [3.63, 3.8) is 0 Å². The van der Waals surface area contributed by atoms with Crippen molar-refractivity contribution >= 4 is 5.97 Å². The van der Waals surface area contributed by atoms with Crippen molar-refractivity contribution < 1.29 is 27.8 Å². The summed E-state index contributed by atoms with van der Waals surface area (Å²) in [7, 11) is 1.20. The predicted molar refractivity (Wildman–Crippen MR) is 60.2 cm³/mol. The monoisotopic (exact) mass is 260 g/mol. The summed E-state index contributed by atoms with van der Waals surface area (Å²) in [6.07, 6.45) is -0.200. The minimum atomic E-state index is -2.99. The van der Waals surface area contributed by atoms with Crippen molar-refractivity contribution in [3.8, 4) is 11.5 Å². The molecule has 0 aliphatic rings. The van der Waals surface area contributed by atoms with Gasteiger partial charge in [0.05, 0.1) is 18.8 Å². The Morgan fingerprint density at radius 2 is 1.83 bits per heavy atom. The Balaban J connectivity index is 3.07. The van der Waals surface area contributed by atoms with Crippen molar-refractivity contribution in [2.45, 2.75) is 26.6 Å². The van der Waals surface area contributed by atoms with E-state index >= 15 is 0 Å². The largest absolute Gasteiger partial charge is 0.487 e. The number of esters is 1. The van der Waals surface area contributed by atoms with Gasteiger partial charge in [-0.15, -0.1) is 0 Å². The van der Waals surface area contributed by atoms with Gasteiger partial charge in [0.1, 0.15) is 0 Å². The fourth-order valence-corrected chi connectivity index (χ4v) is 1.29. The molecule has 0 heterocycles. The van der Waals surface area contributed by atoms with Crippen molar-refractivity contribution in [2.75, 3.05) is 7.11 Å². The maximum Gasteiger partial charge on any atom is 0.387 e. The van der Waals surface area contributed by atoms with Crippen LogP contribution in [0.1, 0.15) is 24.2 Å². The minimum absolute atomic E-state index is 0.115. The third kappa shape index (κ3) is 3.87. The molecule has 0 fully saturated rings. The van der Waals surface area contributed by atoms with Crippen LogP contribution in [-0.4, -0.2) is 25.8 Å². The standard InChI is InChI=1S/C12H14F2O4/c1-7(2)17-9-5-4-8(11(15)16-3)6-10(9)18-12(13)14/h4-7,12H,1-3H3. The molecule has 0 N–H and O–H groups in total. The van der Waals surface area contributed by atoms with Crippen LogP contribution in [0.5, 0.6) is 11.5 Å². The molecule has 0 atom stereocenters. The van der Waals surface area contributed by atoms with E-state index in [9.17, 15) is 13.6 Å². The molecular weight excluding hydrogens is 246 g/mol. The van der Waals surface area contributed by atoms with E-state index in [2.05, 4.69) is 9.47 Å². The van der Waals surface area contributed by atoms with E-state index < -0.39 is 12.6 Å². The Morgan fingerprint density at radius 1 is 1.17 bits per heavy atom. The second kappa shape index (κ2) is 6.18. The molecule has 0 spiro atoms. The van der Waals surface area contributed by atoms with Gasteiger partial charge in [0, 0.05) is 0 Å². The molecule has 0 saturated carbocycles. The molecule has 0 amide bonds. The van der Waals surface area contributed by atoms with Crippen LogP contribution in [0.15, 0.2) is 18.2 Å². The molecule has 0 saturated heterocycles. The van der Waals surface area contributed by atoms with Crippen LogP contribution in [0.3, 0.4) is 0 Å². The molecule has 6 heteroatoms. The van der Waals surface area contributed by atoms with Crippen LogP contribution in [0, 0.1) is 0 Å². The van der Waals surface area contributed by atoms with E-state index in [0.29, 0.717) is 0 Å².